The highest BCUT2D eigenvalue weighted by Gasteiger charge is 2.24. The predicted molar refractivity (Wildman–Crippen MR) is 127 cm³/mol. The van der Waals surface area contributed by atoms with E-state index < -0.39 is 0 Å². The van der Waals surface area contributed by atoms with Crippen LogP contribution in [0.5, 0.6) is 11.5 Å². The number of rotatable bonds is 8. The zero-order valence-electron chi connectivity index (χ0n) is 19.2. The Balaban J connectivity index is 1.41. The molecular weight excluding hydrogens is 418 g/mol. The summed E-state index contributed by atoms with van der Waals surface area (Å²) in [6, 6.07) is 19.6. The molecule has 1 N–H and O–H groups in total. The summed E-state index contributed by atoms with van der Waals surface area (Å²) >= 11 is 0. The predicted octanol–water partition coefficient (Wildman–Crippen LogP) is 4.11. The Kier molecular flexibility index (Phi) is 7.52. The number of furan rings is 1. The van der Waals surface area contributed by atoms with Crippen LogP contribution in [0.25, 0.3) is 0 Å². The molecule has 1 saturated heterocycles. The molecule has 0 bridgehead atoms. The molecule has 2 amide bonds. The average Bonchev–Trinajstić information content (AvgIpc) is 3.37. The Morgan fingerprint density at radius 3 is 2.39 bits per heavy atom. The van der Waals surface area contributed by atoms with Gasteiger partial charge in [-0.05, 0) is 41.8 Å². The van der Waals surface area contributed by atoms with Gasteiger partial charge in [-0.1, -0.05) is 36.4 Å². The molecule has 1 aliphatic heterocycles. The molecule has 33 heavy (non-hydrogen) atoms. The number of hydrogen-bond donors (Lipinski definition) is 1. The van der Waals surface area contributed by atoms with Gasteiger partial charge in [0.15, 0.2) is 11.5 Å². The standard InChI is InChI=1S/C26H31N3O4/c1-31-24-11-10-20(18-25(24)32-2)17-23(21-7-4-3-5-8-21)27-26(30)29-14-12-28(13-15-29)19-22-9-6-16-33-22/h3-11,16,18,23H,12-15,17,19H2,1-2H3,(H,27,30). The van der Waals surface area contributed by atoms with Crippen LogP contribution in [0.1, 0.15) is 22.9 Å². The molecule has 0 spiro atoms. The smallest absolute Gasteiger partial charge is 0.317 e. The van der Waals surface area contributed by atoms with Gasteiger partial charge in [0.1, 0.15) is 5.76 Å². The molecule has 0 radical (unpaired) electrons. The van der Waals surface area contributed by atoms with Crippen molar-refractivity contribution >= 4 is 6.03 Å². The second-order valence-corrected chi connectivity index (χ2v) is 8.15. The highest BCUT2D eigenvalue weighted by molar-refractivity contribution is 5.75. The van der Waals surface area contributed by atoms with E-state index in [1.165, 1.54) is 0 Å². The van der Waals surface area contributed by atoms with E-state index in [-0.39, 0.29) is 12.1 Å². The van der Waals surface area contributed by atoms with E-state index in [0.29, 0.717) is 31.0 Å². The highest BCUT2D eigenvalue weighted by atomic mass is 16.5. The minimum atomic E-state index is -0.155. The number of piperazine rings is 1. The molecule has 3 aromatic rings. The van der Waals surface area contributed by atoms with Gasteiger partial charge in [-0.3, -0.25) is 4.90 Å². The van der Waals surface area contributed by atoms with Gasteiger partial charge in [0.2, 0.25) is 0 Å². The second kappa shape index (κ2) is 10.9. The number of ether oxygens (including phenoxy) is 2. The Morgan fingerprint density at radius 2 is 1.73 bits per heavy atom. The van der Waals surface area contributed by atoms with Gasteiger partial charge in [0.05, 0.1) is 33.1 Å². The second-order valence-electron chi connectivity index (χ2n) is 8.15. The number of nitrogens with zero attached hydrogens (tertiary/aromatic N) is 2. The van der Waals surface area contributed by atoms with Crippen molar-refractivity contribution in [1.29, 1.82) is 0 Å². The number of urea groups is 1. The van der Waals surface area contributed by atoms with Crippen LogP contribution in [0, 0.1) is 0 Å². The van der Waals surface area contributed by atoms with E-state index in [9.17, 15) is 4.79 Å². The van der Waals surface area contributed by atoms with Crippen molar-refractivity contribution in [2.75, 3.05) is 40.4 Å². The molecule has 2 heterocycles. The third-order valence-electron chi connectivity index (χ3n) is 6.01. The molecule has 7 heteroatoms. The first-order valence-corrected chi connectivity index (χ1v) is 11.2. The lowest BCUT2D eigenvalue weighted by molar-refractivity contribution is 0.128. The van der Waals surface area contributed by atoms with Crippen molar-refractivity contribution in [3.05, 3.63) is 83.8 Å². The van der Waals surface area contributed by atoms with E-state index in [1.54, 1.807) is 20.5 Å². The summed E-state index contributed by atoms with van der Waals surface area (Å²) in [6.07, 6.45) is 2.34. The normalized spacial score (nSPS) is 15.2. The van der Waals surface area contributed by atoms with Gasteiger partial charge in [-0.2, -0.15) is 0 Å². The fourth-order valence-corrected chi connectivity index (χ4v) is 4.15. The van der Waals surface area contributed by atoms with Gasteiger partial charge >= 0.3 is 6.03 Å². The zero-order valence-corrected chi connectivity index (χ0v) is 19.2. The van der Waals surface area contributed by atoms with Gasteiger partial charge in [-0.15, -0.1) is 0 Å². The van der Waals surface area contributed by atoms with Crippen molar-refractivity contribution in [1.82, 2.24) is 15.1 Å². The fraction of sp³-hybridized carbons (Fsp3) is 0.346. The van der Waals surface area contributed by atoms with Crippen LogP contribution >= 0.6 is 0 Å². The number of nitrogens with one attached hydrogen (secondary N) is 1. The zero-order chi connectivity index (χ0) is 23.0. The molecule has 1 atom stereocenters. The Hall–Kier alpha value is -3.45. The molecule has 7 nitrogen and oxygen atoms in total. The van der Waals surface area contributed by atoms with Crippen molar-refractivity contribution in [2.45, 2.75) is 19.0 Å². The Bertz CT molecular complexity index is 1020. The van der Waals surface area contributed by atoms with E-state index in [2.05, 4.69) is 10.2 Å². The topological polar surface area (TPSA) is 67.2 Å². The van der Waals surface area contributed by atoms with Crippen molar-refractivity contribution in [3.63, 3.8) is 0 Å². The summed E-state index contributed by atoms with van der Waals surface area (Å²) in [4.78, 5) is 17.4. The molecule has 2 aromatic carbocycles. The lowest BCUT2D eigenvalue weighted by atomic mass is 9.98. The fourth-order valence-electron chi connectivity index (χ4n) is 4.15. The highest BCUT2D eigenvalue weighted by Crippen LogP contribution is 2.29. The minimum absolute atomic E-state index is 0.0398. The number of carbonyl (C=O) groups is 1. The number of hydrogen-bond acceptors (Lipinski definition) is 5. The van der Waals surface area contributed by atoms with Crippen LogP contribution in [0.4, 0.5) is 4.79 Å². The van der Waals surface area contributed by atoms with Crippen LogP contribution in [0.3, 0.4) is 0 Å². The molecule has 1 fully saturated rings. The molecule has 1 aromatic heterocycles. The molecule has 0 saturated carbocycles. The number of methoxy groups -OCH3 is 2. The number of amides is 2. The minimum Gasteiger partial charge on any atom is -0.493 e. The third-order valence-corrected chi connectivity index (χ3v) is 6.01. The van der Waals surface area contributed by atoms with E-state index in [0.717, 1.165) is 36.5 Å². The van der Waals surface area contributed by atoms with Crippen LogP contribution in [0.2, 0.25) is 0 Å². The monoisotopic (exact) mass is 449 g/mol. The van der Waals surface area contributed by atoms with E-state index >= 15 is 0 Å². The van der Waals surface area contributed by atoms with Crippen molar-refractivity contribution in [2.24, 2.45) is 0 Å². The molecular formula is C26H31N3O4. The van der Waals surface area contributed by atoms with Gasteiger partial charge in [-0.25, -0.2) is 4.79 Å². The number of benzene rings is 2. The van der Waals surface area contributed by atoms with E-state index in [4.69, 9.17) is 13.9 Å². The van der Waals surface area contributed by atoms with Crippen LogP contribution in [-0.4, -0.2) is 56.2 Å². The maximum absolute atomic E-state index is 13.2. The summed E-state index contributed by atoms with van der Waals surface area (Å²) in [5.74, 6) is 2.32. The first kappa shape index (κ1) is 22.7. The van der Waals surface area contributed by atoms with Gasteiger partial charge in [0.25, 0.3) is 0 Å². The summed E-state index contributed by atoms with van der Waals surface area (Å²) in [5.41, 5.74) is 2.13. The number of carbonyl (C=O) groups excluding carboxylic acids is 1. The summed E-state index contributed by atoms with van der Waals surface area (Å²) in [6.45, 7) is 3.78. The first-order chi connectivity index (χ1) is 16.2. The quantitative estimate of drug-likeness (QED) is 0.561. The van der Waals surface area contributed by atoms with Crippen LogP contribution in [0.15, 0.2) is 71.3 Å². The Morgan fingerprint density at radius 1 is 0.970 bits per heavy atom. The van der Waals surface area contributed by atoms with Gasteiger partial charge in [0, 0.05) is 26.2 Å². The van der Waals surface area contributed by atoms with E-state index in [1.807, 2.05) is 65.6 Å². The maximum Gasteiger partial charge on any atom is 0.317 e. The third kappa shape index (κ3) is 5.87. The molecule has 0 aliphatic carbocycles. The molecule has 174 valence electrons. The van der Waals surface area contributed by atoms with Gasteiger partial charge < -0.3 is 24.1 Å². The van der Waals surface area contributed by atoms with Crippen LogP contribution in [-0.2, 0) is 13.0 Å². The lowest BCUT2D eigenvalue weighted by Gasteiger charge is -2.35. The SMILES string of the molecule is COc1ccc(CC(NC(=O)N2CCN(Cc3ccco3)CC2)c2ccccc2)cc1OC. The maximum atomic E-state index is 13.2. The van der Waals surface area contributed by atoms with Crippen molar-refractivity contribution < 1.29 is 18.7 Å². The molecule has 4 rings (SSSR count). The summed E-state index contributed by atoms with van der Waals surface area (Å²) in [5, 5.41) is 3.26. The Labute approximate surface area is 194 Å². The first-order valence-electron chi connectivity index (χ1n) is 11.2. The largest absolute Gasteiger partial charge is 0.493 e. The molecule has 1 aliphatic rings. The average molecular weight is 450 g/mol. The summed E-state index contributed by atoms with van der Waals surface area (Å²) < 4.78 is 16.3. The van der Waals surface area contributed by atoms with Crippen molar-refractivity contribution in [3.8, 4) is 11.5 Å². The summed E-state index contributed by atoms with van der Waals surface area (Å²) in [7, 11) is 3.25. The lowest BCUT2D eigenvalue weighted by Crippen LogP contribution is -2.52. The van der Waals surface area contributed by atoms with Crippen LogP contribution < -0.4 is 14.8 Å². The molecule has 1 unspecified atom stereocenters.